The molecule has 5 heteroatoms. The Morgan fingerprint density at radius 1 is 1.50 bits per heavy atom. The average molecular weight is 272 g/mol. The van der Waals surface area contributed by atoms with Crippen LogP contribution in [-0.4, -0.2) is 29.5 Å². The van der Waals surface area contributed by atoms with Crippen LogP contribution in [0.2, 0.25) is 0 Å². The van der Waals surface area contributed by atoms with Crippen molar-refractivity contribution in [3.63, 3.8) is 0 Å². The van der Waals surface area contributed by atoms with Crippen LogP contribution in [0.25, 0.3) is 0 Å². The normalized spacial score (nSPS) is 23.3. The van der Waals surface area contributed by atoms with E-state index < -0.39 is 11.6 Å². The van der Waals surface area contributed by atoms with Gasteiger partial charge in [-0.2, -0.15) is 0 Å². The van der Waals surface area contributed by atoms with E-state index in [1.807, 2.05) is 6.92 Å². The third kappa shape index (κ3) is 3.09. The van der Waals surface area contributed by atoms with Crippen LogP contribution in [0, 0.1) is 11.6 Å². The molecule has 2 atom stereocenters. The molecule has 2 nitrogen and oxygen atoms in total. The molecule has 2 rings (SSSR count). The van der Waals surface area contributed by atoms with Gasteiger partial charge in [0.25, 0.3) is 0 Å². The van der Waals surface area contributed by atoms with Gasteiger partial charge in [0.1, 0.15) is 11.6 Å². The van der Waals surface area contributed by atoms with E-state index in [4.69, 9.17) is 4.74 Å². The number of ether oxygens (including phenoxy) is 1. The highest BCUT2D eigenvalue weighted by molar-refractivity contribution is 8.00. The van der Waals surface area contributed by atoms with Crippen LogP contribution in [0.5, 0.6) is 0 Å². The summed E-state index contributed by atoms with van der Waals surface area (Å²) in [6, 6.07) is 3.03. The number of benzene rings is 1. The second-order valence-electron chi connectivity index (χ2n) is 4.26. The van der Waals surface area contributed by atoms with Crippen LogP contribution < -0.4 is 0 Å². The zero-order chi connectivity index (χ0) is 13.1. The monoisotopic (exact) mass is 272 g/mol. The molecule has 0 aliphatic carbocycles. The van der Waals surface area contributed by atoms with Gasteiger partial charge in [0.15, 0.2) is 5.78 Å². The Bertz CT molecular complexity index is 451. The Morgan fingerprint density at radius 3 is 2.89 bits per heavy atom. The number of carbonyl (C=O) groups excluding carboxylic acids is 1. The number of halogens is 2. The molecule has 1 aromatic carbocycles. The molecule has 1 aromatic rings. The molecule has 1 fully saturated rings. The molecule has 0 N–H and O–H groups in total. The number of carbonyl (C=O) groups is 1. The van der Waals surface area contributed by atoms with Gasteiger partial charge in [-0.25, -0.2) is 8.78 Å². The predicted molar refractivity (Wildman–Crippen MR) is 67.0 cm³/mol. The van der Waals surface area contributed by atoms with E-state index >= 15 is 0 Å². The third-order valence-corrected chi connectivity index (χ3v) is 4.44. The smallest absolute Gasteiger partial charge is 0.175 e. The number of ketones is 1. The van der Waals surface area contributed by atoms with Crippen molar-refractivity contribution in [2.45, 2.75) is 24.7 Å². The zero-order valence-electron chi connectivity index (χ0n) is 9.99. The van der Waals surface area contributed by atoms with Crippen LogP contribution in [0.15, 0.2) is 18.2 Å². The summed E-state index contributed by atoms with van der Waals surface area (Å²) in [6.07, 6.45) is 1.03. The topological polar surface area (TPSA) is 26.3 Å². The maximum Gasteiger partial charge on any atom is 0.175 e. The van der Waals surface area contributed by atoms with Gasteiger partial charge >= 0.3 is 0 Å². The first-order valence-electron chi connectivity index (χ1n) is 5.79. The summed E-state index contributed by atoms with van der Waals surface area (Å²) in [5.41, 5.74) is -0.0459. The number of rotatable bonds is 4. The minimum Gasteiger partial charge on any atom is -0.377 e. The maximum atomic E-state index is 13.4. The summed E-state index contributed by atoms with van der Waals surface area (Å²) >= 11 is 1.47. The quantitative estimate of drug-likeness (QED) is 0.788. The lowest BCUT2D eigenvalue weighted by molar-refractivity contribution is 0.101. The Balaban J connectivity index is 1.95. The van der Waals surface area contributed by atoms with E-state index in [0.29, 0.717) is 6.61 Å². The average Bonchev–Trinajstić information content (AvgIpc) is 2.72. The van der Waals surface area contributed by atoms with E-state index in [-0.39, 0.29) is 28.5 Å². The first kappa shape index (κ1) is 13.5. The van der Waals surface area contributed by atoms with Crippen molar-refractivity contribution in [3.8, 4) is 0 Å². The van der Waals surface area contributed by atoms with Crippen molar-refractivity contribution in [1.29, 1.82) is 0 Å². The Kier molecular flexibility index (Phi) is 4.35. The number of hydrogen-bond donors (Lipinski definition) is 0. The van der Waals surface area contributed by atoms with Crippen LogP contribution in [0.1, 0.15) is 23.7 Å². The van der Waals surface area contributed by atoms with Gasteiger partial charge in [0.2, 0.25) is 0 Å². The lowest BCUT2D eigenvalue weighted by Gasteiger charge is -2.12. The van der Waals surface area contributed by atoms with Crippen LogP contribution in [0.4, 0.5) is 8.78 Å². The molecule has 0 aromatic heterocycles. The summed E-state index contributed by atoms with van der Waals surface area (Å²) in [5, 5.41) is 0.275. The lowest BCUT2D eigenvalue weighted by Crippen LogP contribution is -2.16. The highest BCUT2D eigenvalue weighted by Crippen LogP contribution is 2.27. The molecule has 18 heavy (non-hydrogen) atoms. The standard InChI is InChI=1S/C13H14F2O2S/c1-8-13(4-5-17-8)18-7-12(16)10-3-2-9(14)6-11(10)15/h2-3,6,8,13H,4-5,7H2,1H3. The molecule has 0 spiro atoms. The van der Waals surface area contributed by atoms with Crippen molar-refractivity contribution in [2.75, 3.05) is 12.4 Å². The highest BCUT2D eigenvalue weighted by atomic mass is 32.2. The molecule has 1 saturated heterocycles. The summed E-state index contributed by atoms with van der Waals surface area (Å²) in [7, 11) is 0. The molecule has 2 unspecified atom stereocenters. The summed E-state index contributed by atoms with van der Waals surface area (Å²) < 4.78 is 31.5. The number of thioether (sulfide) groups is 1. The highest BCUT2D eigenvalue weighted by Gasteiger charge is 2.25. The molecule has 0 bridgehead atoms. The van der Waals surface area contributed by atoms with E-state index in [2.05, 4.69) is 0 Å². The molecule has 1 heterocycles. The summed E-state index contributed by atoms with van der Waals surface area (Å²) in [4.78, 5) is 11.8. The van der Waals surface area contributed by atoms with Crippen molar-refractivity contribution < 1.29 is 18.3 Å². The second kappa shape index (κ2) is 5.80. The van der Waals surface area contributed by atoms with Gasteiger partial charge in [-0.1, -0.05) is 0 Å². The minimum absolute atomic E-state index is 0.0459. The second-order valence-corrected chi connectivity index (χ2v) is 5.49. The van der Waals surface area contributed by atoms with E-state index in [1.54, 1.807) is 0 Å². The predicted octanol–water partition coefficient (Wildman–Crippen LogP) is 3.06. The molecule has 0 saturated carbocycles. The minimum atomic E-state index is -0.795. The van der Waals surface area contributed by atoms with Crippen LogP contribution >= 0.6 is 11.8 Å². The van der Waals surface area contributed by atoms with Gasteiger partial charge in [-0.05, 0) is 25.5 Å². The van der Waals surface area contributed by atoms with Gasteiger partial charge < -0.3 is 4.74 Å². The first-order valence-corrected chi connectivity index (χ1v) is 6.84. The Hall–Kier alpha value is -0.940. The van der Waals surface area contributed by atoms with Gasteiger partial charge in [-0.3, -0.25) is 4.79 Å². The number of Topliss-reactive ketones (excluding diaryl/α,β-unsaturated/α-hetero) is 1. The zero-order valence-corrected chi connectivity index (χ0v) is 10.8. The fourth-order valence-electron chi connectivity index (χ4n) is 1.91. The van der Waals surface area contributed by atoms with Gasteiger partial charge in [0.05, 0.1) is 17.4 Å². The lowest BCUT2D eigenvalue weighted by atomic mass is 10.1. The fraction of sp³-hybridized carbons (Fsp3) is 0.462. The molecular weight excluding hydrogens is 258 g/mol. The number of hydrogen-bond acceptors (Lipinski definition) is 3. The van der Waals surface area contributed by atoms with Crippen molar-refractivity contribution in [1.82, 2.24) is 0 Å². The van der Waals surface area contributed by atoms with E-state index in [1.165, 1.54) is 17.8 Å². The molecule has 1 aliphatic heterocycles. The van der Waals surface area contributed by atoms with Gasteiger partial charge in [0, 0.05) is 17.9 Å². The molecule has 98 valence electrons. The largest absolute Gasteiger partial charge is 0.377 e. The van der Waals surface area contributed by atoms with Crippen molar-refractivity contribution in [3.05, 3.63) is 35.4 Å². The Labute approximate surface area is 109 Å². The summed E-state index contributed by atoms with van der Waals surface area (Å²) in [5.74, 6) is -1.58. The SMILES string of the molecule is CC1OCCC1SCC(=O)c1ccc(F)cc1F. The molecule has 1 aliphatic rings. The first-order chi connectivity index (χ1) is 8.58. The van der Waals surface area contributed by atoms with Crippen LogP contribution in [0.3, 0.4) is 0 Å². The molecule has 0 amide bonds. The van der Waals surface area contributed by atoms with E-state index in [0.717, 1.165) is 18.6 Å². The Morgan fingerprint density at radius 2 is 2.28 bits per heavy atom. The van der Waals surface area contributed by atoms with Gasteiger partial charge in [-0.15, -0.1) is 11.8 Å². The van der Waals surface area contributed by atoms with Crippen LogP contribution in [-0.2, 0) is 4.74 Å². The summed E-state index contributed by atoms with van der Waals surface area (Å²) in [6.45, 7) is 2.67. The molecule has 0 radical (unpaired) electrons. The molecular formula is C13H14F2O2S. The van der Waals surface area contributed by atoms with Crippen molar-refractivity contribution in [2.24, 2.45) is 0 Å². The van der Waals surface area contributed by atoms with E-state index in [9.17, 15) is 13.6 Å². The fourth-order valence-corrected chi connectivity index (χ4v) is 3.04. The maximum absolute atomic E-state index is 13.4. The third-order valence-electron chi connectivity index (χ3n) is 2.97. The van der Waals surface area contributed by atoms with Crippen molar-refractivity contribution >= 4 is 17.5 Å².